The number of nitrogens with one attached hydrogen (secondary N) is 2. The third-order valence-electron chi connectivity index (χ3n) is 4.67. The summed E-state index contributed by atoms with van der Waals surface area (Å²) < 4.78 is 5.03. The Morgan fingerprint density at radius 1 is 1.21 bits per heavy atom. The SMILES string of the molecule is CCOC(=O)N1CCC(Nc2ccc(C(=O)Nc3ccc(C#N)cc3)cn2)CC1. The number of nitriles is 1. The van der Waals surface area contributed by atoms with Gasteiger partial charge < -0.3 is 20.3 Å². The lowest BCUT2D eigenvalue weighted by atomic mass is 10.1. The third kappa shape index (κ3) is 5.45. The molecule has 0 radical (unpaired) electrons. The second-order valence-corrected chi connectivity index (χ2v) is 6.68. The molecule has 1 aliphatic heterocycles. The number of aromatic nitrogens is 1. The van der Waals surface area contributed by atoms with Crippen LogP contribution >= 0.6 is 0 Å². The molecule has 2 aromatic rings. The maximum absolute atomic E-state index is 12.3. The molecule has 0 spiro atoms. The van der Waals surface area contributed by atoms with Gasteiger partial charge in [-0.2, -0.15) is 5.26 Å². The molecule has 0 saturated carbocycles. The quantitative estimate of drug-likeness (QED) is 0.807. The highest BCUT2D eigenvalue weighted by Gasteiger charge is 2.23. The number of ether oxygens (including phenoxy) is 1. The summed E-state index contributed by atoms with van der Waals surface area (Å²) in [4.78, 5) is 30.1. The van der Waals surface area contributed by atoms with Crippen LogP contribution in [0.2, 0.25) is 0 Å². The van der Waals surface area contributed by atoms with Gasteiger partial charge in [0.05, 0.1) is 23.8 Å². The van der Waals surface area contributed by atoms with Gasteiger partial charge in [0.15, 0.2) is 0 Å². The molecule has 8 heteroatoms. The lowest BCUT2D eigenvalue weighted by molar-refractivity contribution is 0.0982. The molecule has 29 heavy (non-hydrogen) atoms. The number of anilines is 2. The minimum Gasteiger partial charge on any atom is -0.450 e. The van der Waals surface area contributed by atoms with Gasteiger partial charge in [-0.25, -0.2) is 9.78 Å². The standard InChI is InChI=1S/C21H23N5O3/c1-2-29-21(28)26-11-9-18(10-12-26)24-19-8-5-16(14-23-19)20(27)25-17-6-3-15(13-22)4-7-17/h3-8,14,18H,2,9-12H2,1H3,(H,23,24)(H,25,27). The highest BCUT2D eigenvalue weighted by Crippen LogP contribution is 2.17. The Kier molecular flexibility index (Phi) is 6.63. The first kappa shape index (κ1) is 20.1. The van der Waals surface area contributed by atoms with E-state index in [1.807, 2.05) is 6.07 Å². The van der Waals surface area contributed by atoms with E-state index in [-0.39, 0.29) is 18.0 Å². The monoisotopic (exact) mass is 393 g/mol. The minimum atomic E-state index is -0.267. The summed E-state index contributed by atoms with van der Waals surface area (Å²) in [6.45, 7) is 3.46. The first-order chi connectivity index (χ1) is 14.1. The maximum atomic E-state index is 12.3. The summed E-state index contributed by atoms with van der Waals surface area (Å²) in [7, 11) is 0. The number of hydrogen-bond acceptors (Lipinski definition) is 6. The number of rotatable bonds is 5. The van der Waals surface area contributed by atoms with Crippen LogP contribution in [0.4, 0.5) is 16.3 Å². The Labute approximate surface area is 169 Å². The summed E-state index contributed by atoms with van der Waals surface area (Å²) in [5.74, 6) is 0.422. The molecule has 1 fully saturated rings. The molecule has 0 bridgehead atoms. The van der Waals surface area contributed by atoms with Gasteiger partial charge in [0.1, 0.15) is 5.82 Å². The van der Waals surface area contributed by atoms with Crippen molar-refractivity contribution in [1.82, 2.24) is 9.88 Å². The number of pyridine rings is 1. The normalized spacial score (nSPS) is 14.0. The molecular formula is C21H23N5O3. The van der Waals surface area contributed by atoms with Crippen molar-refractivity contribution in [3.05, 3.63) is 53.7 Å². The van der Waals surface area contributed by atoms with Crippen LogP contribution in [0.5, 0.6) is 0 Å². The lowest BCUT2D eigenvalue weighted by Gasteiger charge is -2.31. The van der Waals surface area contributed by atoms with E-state index in [1.165, 1.54) is 6.20 Å². The van der Waals surface area contributed by atoms with Crippen molar-refractivity contribution >= 4 is 23.5 Å². The summed E-state index contributed by atoms with van der Waals surface area (Å²) in [5, 5.41) is 14.9. The molecular weight excluding hydrogens is 370 g/mol. The number of carbonyl (C=O) groups excluding carboxylic acids is 2. The van der Waals surface area contributed by atoms with Crippen LogP contribution in [0.25, 0.3) is 0 Å². The predicted molar refractivity (Wildman–Crippen MR) is 109 cm³/mol. The first-order valence-corrected chi connectivity index (χ1v) is 9.55. The molecule has 3 rings (SSSR count). The molecule has 1 aromatic heterocycles. The Morgan fingerprint density at radius 3 is 2.52 bits per heavy atom. The minimum absolute atomic E-state index is 0.214. The Balaban J connectivity index is 1.50. The van der Waals surface area contributed by atoms with E-state index in [4.69, 9.17) is 10.00 Å². The molecule has 0 aliphatic carbocycles. The number of piperidine rings is 1. The van der Waals surface area contributed by atoms with E-state index in [0.717, 1.165) is 12.8 Å². The van der Waals surface area contributed by atoms with Gasteiger partial charge in [0.2, 0.25) is 0 Å². The van der Waals surface area contributed by atoms with E-state index >= 15 is 0 Å². The Morgan fingerprint density at radius 2 is 1.93 bits per heavy atom. The molecule has 150 valence electrons. The topological polar surface area (TPSA) is 107 Å². The van der Waals surface area contributed by atoms with Crippen LogP contribution in [0, 0.1) is 11.3 Å². The Bertz CT molecular complexity index is 882. The van der Waals surface area contributed by atoms with Crippen LogP contribution in [-0.2, 0) is 4.74 Å². The number of likely N-dealkylation sites (tertiary alicyclic amines) is 1. The van der Waals surface area contributed by atoms with Crippen molar-refractivity contribution in [3.8, 4) is 6.07 Å². The smallest absolute Gasteiger partial charge is 0.409 e. The van der Waals surface area contributed by atoms with Crippen molar-refractivity contribution in [3.63, 3.8) is 0 Å². The van der Waals surface area contributed by atoms with Crippen molar-refractivity contribution in [2.45, 2.75) is 25.8 Å². The van der Waals surface area contributed by atoms with Crippen molar-refractivity contribution in [1.29, 1.82) is 5.26 Å². The molecule has 1 aromatic carbocycles. The van der Waals surface area contributed by atoms with Gasteiger partial charge in [-0.05, 0) is 56.2 Å². The summed E-state index contributed by atoms with van der Waals surface area (Å²) in [6.07, 6.45) is 2.87. The first-order valence-electron chi connectivity index (χ1n) is 9.55. The van der Waals surface area contributed by atoms with Gasteiger partial charge in [-0.3, -0.25) is 4.79 Å². The molecule has 0 unspecified atom stereocenters. The van der Waals surface area contributed by atoms with Crippen molar-refractivity contribution in [2.24, 2.45) is 0 Å². The largest absolute Gasteiger partial charge is 0.450 e. The Hall–Kier alpha value is -3.60. The van der Waals surface area contributed by atoms with Gasteiger partial charge in [-0.15, -0.1) is 0 Å². The summed E-state index contributed by atoms with van der Waals surface area (Å²) >= 11 is 0. The van der Waals surface area contributed by atoms with Crippen LogP contribution in [-0.4, -0.2) is 47.6 Å². The third-order valence-corrected chi connectivity index (χ3v) is 4.67. The average Bonchev–Trinajstić information content (AvgIpc) is 2.75. The number of hydrogen-bond donors (Lipinski definition) is 2. The van der Waals surface area contributed by atoms with Gasteiger partial charge in [0.25, 0.3) is 5.91 Å². The second kappa shape index (κ2) is 9.55. The zero-order valence-corrected chi connectivity index (χ0v) is 16.2. The highest BCUT2D eigenvalue weighted by atomic mass is 16.6. The molecule has 1 saturated heterocycles. The summed E-state index contributed by atoms with van der Waals surface area (Å²) in [5.41, 5.74) is 1.59. The highest BCUT2D eigenvalue weighted by molar-refractivity contribution is 6.04. The van der Waals surface area contributed by atoms with Crippen LogP contribution in [0.15, 0.2) is 42.6 Å². The predicted octanol–water partition coefficient (Wildman–Crippen LogP) is 3.24. The zero-order valence-electron chi connectivity index (χ0n) is 16.2. The molecule has 2 N–H and O–H groups in total. The van der Waals surface area contributed by atoms with E-state index in [1.54, 1.807) is 48.2 Å². The van der Waals surface area contributed by atoms with Crippen LogP contribution in [0.3, 0.4) is 0 Å². The molecule has 2 amide bonds. The fraction of sp³-hybridized carbons (Fsp3) is 0.333. The van der Waals surface area contributed by atoms with E-state index in [2.05, 4.69) is 15.6 Å². The van der Waals surface area contributed by atoms with E-state index in [0.29, 0.717) is 42.3 Å². The number of carbonyl (C=O) groups is 2. The number of nitrogens with zero attached hydrogens (tertiary/aromatic N) is 3. The van der Waals surface area contributed by atoms with Crippen LogP contribution < -0.4 is 10.6 Å². The van der Waals surface area contributed by atoms with Gasteiger partial charge in [0, 0.05) is 31.0 Å². The van der Waals surface area contributed by atoms with Crippen molar-refractivity contribution in [2.75, 3.05) is 30.3 Å². The number of amides is 2. The van der Waals surface area contributed by atoms with E-state index < -0.39 is 0 Å². The second-order valence-electron chi connectivity index (χ2n) is 6.68. The van der Waals surface area contributed by atoms with Crippen LogP contribution in [0.1, 0.15) is 35.7 Å². The van der Waals surface area contributed by atoms with Crippen molar-refractivity contribution < 1.29 is 14.3 Å². The molecule has 1 aliphatic rings. The fourth-order valence-electron chi connectivity index (χ4n) is 3.08. The maximum Gasteiger partial charge on any atom is 0.409 e. The lowest BCUT2D eigenvalue weighted by Crippen LogP contribution is -2.42. The average molecular weight is 393 g/mol. The fourth-order valence-corrected chi connectivity index (χ4v) is 3.08. The van der Waals surface area contributed by atoms with E-state index in [9.17, 15) is 9.59 Å². The zero-order chi connectivity index (χ0) is 20.6. The van der Waals surface area contributed by atoms with Gasteiger partial charge in [-0.1, -0.05) is 0 Å². The number of benzene rings is 1. The molecule has 2 heterocycles. The molecule has 8 nitrogen and oxygen atoms in total. The van der Waals surface area contributed by atoms with Gasteiger partial charge >= 0.3 is 6.09 Å². The molecule has 0 atom stereocenters. The summed E-state index contributed by atoms with van der Waals surface area (Å²) in [6, 6.07) is 12.4.